The summed E-state index contributed by atoms with van der Waals surface area (Å²) in [7, 11) is -0.826. The van der Waals surface area contributed by atoms with E-state index in [1.807, 2.05) is 0 Å². The Morgan fingerprint density at radius 2 is 0.929 bits per heavy atom. The van der Waals surface area contributed by atoms with Crippen molar-refractivity contribution in [1.29, 1.82) is 0 Å². The van der Waals surface area contributed by atoms with E-state index in [1.165, 1.54) is 12.3 Å². The second-order valence-corrected chi connectivity index (χ2v) is 11.8. The molecule has 0 radical (unpaired) electrons. The summed E-state index contributed by atoms with van der Waals surface area (Å²) >= 11 is 0. The van der Waals surface area contributed by atoms with Gasteiger partial charge in [-0.25, -0.2) is 0 Å². The van der Waals surface area contributed by atoms with Gasteiger partial charge in [0.1, 0.15) is 0 Å². The van der Waals surface area contributed by atoms with Crippen molar-refractivity contribution >= 4 is 7.26 Å². The van der Waals surface area contributed by atoms with Gasteiger partial charge in [0.05, 0.1) is 22.6 Å². The normalized spacial score (nSPS) is 13.7. The summed E-state index contributed by atoms with van der Waals surface area (Å²) in [4.78, 5) is 0. The van der Waals surface area contributed by atoms with Crippen LogP contribution in [0.2, 0.25) is 0 Å². The van der Waals surface area contributed by atoms with Gasteiger partial charge in [-0.15, -0.1) is 0 Å². The Balaban J connectivity index is 0. The number of hydrogen-bond donors (Lipinski definition) is 0. The molecule has 0 aliphatic carbocycles. The molecule has 0 aliphatic rings. The highest BCUT2D eigenvalue weighted by Crippen LogP contribution is 2.75. The van der Waals surface area contributed by atoms with Gasteiger partial charge < -0.3 is 17.0 Å². The highest BCUT2D eigenvalue weighted by atomic mass is 79.9. The van der Waals surface area contributed by atoms with Crippen LogP contribution in [0.5, 0.6) is 0 Å². The van der Waals surface area contributed by atoms with E-state index in [0.29, 0.717) is 10.3 Å². The molecule has 0 heterocycles. The molecule has 0 rings (SSSR count). The molecule has 0 saturated carbocycles. The van der Waals surface area contributed by atoms with Crippen molar-refractivity contribution in [2.24, 2.45) is 0 Å². The largest absolute Gasteiger partial charge is 1.00 e. The first-order chi connectivity index (χ1) is 5.62. The molecule has 0 fully saturated rings. The SMILES string of the molecule is CC[P+](CC)(C(C)(C)C)C(C)(C)C.[Br-]. The molecule has 0 aromatic rings. The predicted molar refractivity (Wildman–Crippen MR) is 67.5 cm³/mol. The summed E-state index contributed by atoms with van der Waals surface area (Å²) in [5.41, 5.74) is 0. The maximum Gasteiger partial charge on any atom is 0.0720 e. The first-order valence-electron chi connectivity index (χ1n) is 5.49. The average molecular weight is 283 g/mol. The van der Waals surface area contributed by atoms with Crippen molar-refractivity contribution in [3.05, 3.63) is 0 Å². The number of halogens is 1. The minimum Gasteiger partial charge on any atom is -1.00 e. The van der Waals surface area contributed by atoms with Crippen LogP contribution in [-0.4, -0.2) is 22.6 Å². The fourth-order valence-corrected chi connectivity index (χ4v) is 9.38. The molecule has 0 nitrogen and oxygen atoms in total. The Bertz CT molecular complexity index is 142. The van der Waals surface area contributed by atoms with Crippen LogP contribution < -0.4 is 17.0 Å². The van der Waals surface area contributed by atoms with Gasteiger partial charge in [-0.2, -0.15) is 0 Å². The molecule has 0 bridgehead atoms. The Labute approximate surface area is 102 Å². The summed E-state index contributed by atoms with van der Waals surface area (Å²) in [5.74, 6) is 0. The fraction of sp³-hybridized carbons (Fsp3) is 1.00. The monoisotopic (exact) mass is 282 g/mol. The number of rotatable bonds is 2. The third-order valence-corrected chi connectivity index (χ3v) is 10.9. The average Bonchev–Trinajstić information content (AvgIpc) is 1.84. The molecule has 14 heavy (non-hydrogen) atoms. The molecule has 0 aromatic carbocycles. The van der Waals surface area contributed by atoms with Crippen molar-refractivity contribution in [3.8, 4) is 0 Å². The van der Waals surface area contributed by atoms with Gasteiger partial charge in [0.2, 0.25) is 0 Å². The van der Waals surface area contributed by atoms with Crippen molar-refractivity contribution in [2.45, 2.75) is 65.7 Å². The molecule has 0 spiro atoms. The van der Waals surface area contributed by atoms with Gasteiger partial charge in [0.25, 0.3) is 0 Å². The first-order valence-corrected chi connectivity index (χ1v) is 7.65. The lowest BCUT2D eigenvalue weighted by molar-refractivity contribution is -0.00000366. The van der Waals surface area contributed by atoms with Crippen molar-refractivity contribution < 1.29 is 17.0 Å². The zero-order valence-corrected chi connectivity index (χ0v) is 13.7. The van der Waals surface area contributed by atoms with Crippen molar-refractivity contribution in [3.63, 3.8) is 0 Å². The molecule has 0 saturated heterocycles. The summed E-state index contributed by atoms with van der Waals surface area (Å²) in [5, 5.41) is 1.02. The molecule has 0 amide bonds. The van der Waals surface area contributed by atoms with E-state index in [4.69, 9.17) is 0 Å². The van der Waals surface area contributed by atoms with Crippen molar-refractivity contribution in [1.82, 2.24) is 0 Å². The number of hydrogen-bond acceptors (Lipinski definition) is 0. The molecule has 2 heteroatoms. The van der Waals surface area contributed by atoms with Crippen LogP contribution in [0.3, 0.4) is 0 Å². The third kappa shape index (κ3) is 2.95. The minimum atomic E-state index is -0.826. The lowest BCUT2D eigenvalue weighted by atomic mass is 10.2. The summed E-state index contributed by atoms with van der Waals surface area (Å²) < 4.78 is 0. The quantitative estimate of drug-likeness (QED) is 0.676. The molecule has 0 N–H and O–H groups in total. The summed E-state index contributed by atoms with van der Waals surface area (Å²) in [6, 6.07) is 0. The summed E-state index contributed by atoms with van der Waals surface area (Å²) in [6.07, 6.45) is 2.77. The van der Waals surface area contributed by atoms with E-state index in [2.05, 4.69) is 55.4 Å². The van der Waals surface area contributed by atoms with Gasteiger partial charge >= 0.3 is 0 Å². The molecule has 88 valence electrons. The zero-order valence-electron chi connectivity index (χ0n) is 11.2. The van der Waals surface area contributed by atoms with Gasteiger partial charge in [-0.3, -0.25) is 0 Å². The van der Waals surface area contributed by atoms with Crippen LogP contribution in [0.4, 0.5) is 0 Å². The molecular formula is C12H28BrP. The van der Waals surface area contributed by atoms with Gasteiger partial charge in [0, 0.05) is 7.26 Å². The van der Waals surface area contributed by atoms with E-state index < -0.39 is 7.26 Å². The van der Waals surface area contributed by atoms with Crippen LogP contribution in [0.15, 0.2) is 0 Å². The topological polar surface area (TPSA) is 0 Å². The third-order valence-electron chi connectivity index (χ3n) is 3.65. The van der Waals surface area contributed by atoms with E-state index in [-0.39, 0.29) is 17.0 Å². The van der Waals surface area contributed by atoms with Crippen molar-refractivity contribution in [2.75, 3.05) is 12.3 Å². The van der Waals surface area contributed by atoms with Crippen LogP contribution in [0.25, 0.3) is 0 Å². The second-order valence-electron chi connectivity index (χ2n) is 5.94. The fourth-order valence-electron chi connectivity index (χ4n) is 3.13. The molecule has 0 atom stereocenters. The highest BCUT2D eigenvalue weighted by molar-refractivity contribution is 7.78. The second kappa shape index (κ2) is 5.30. The molecule has 0 aliphatic heterocycles. The maximum absolute atomic E-state index is 2.43. The van der Waals surface area contributed by atoms with E-state index in [1.54, 1.807) is 0 Å². The highest BCUT2D eigenvalue weighted by Gasteiger charge is 2.54. The van der Waals surface area contributed by atoms with Gasteiger partial charge in [-0.05, 0) is 55.4 Å². The maximum atomic E-state index is 2.43. The van der Waals surface area contributed by atoms with Gasteiger partial charge in [-0.1, -0.05) is 0 Å². The Morgan fingerprint density at radius 3 is 0.929 bits per heavy atom. The van der Waals surface area contributed by atoms with Crippen LogP contribution >= 0.6 is 7.26 Å². The van der Waals surface area contributed by atoms with Gasteiger partial charge in [0.15, 0.2) is 0 Å². The first kappa shape index (κ1) is 17.3. The minimum absolute atomic E-state index is 0. The molecule has 0 aromatic heterocycles. The lowest BCUT2D eigenvalue weighted by Gasteiger charge is -2.46. The van der Waals surface area contributed by atoms with E-state index >= 15 is 0 Å². The lowest BCUT2D eigenvalue weighted by Crippen LogP contribution is -3.00. The standard InChI is InChI=1S/C12H28P.BrH/c1-9-13(10-2,11(3,4)5)12(6,7)8;/h9-10H2,1-8H3;1H/q+1;/p-1. The Hall–Kier alpha value is 0.910. The Kier molecular flexibility index (Phi) is 6.56. The van der Waals surface area contributed by atoms with E-state index in [0.717, 1.165) is 0 Å². The van der Waals surface area contributed by atoms with Crippen LogP contribution in [0.1, 0.15) is 55.4 Å². The van der Waals surface area contributed by atoms with Crippen LogP contribution in [0, 0.1) is 0 Å². The predicted octanol–water partition coefficient (Wildman–Crippen LogP) is 1.64. The molecular weight excluding hydrogens is 255 g/mol. The summed E-state index contributed by atoms with van der Waals surface area (Å²) in [6.45, 7) is 19.3. The smallest absolute Gasteiger partial charge is 0.0720 e. The molecule has 0 unspecified atom stereocenters. The zero-order chi connectivity index (χ0) is 10.9. The van der Waals surface area contributed by atoms with Crippen LogP contribution in [-0.2, 0) is 0 Å². The Morgan fingerprint density at radius 1 is 0.714 bits per heavy atom. The van der Waals surface area contributed by atoms with E-state index in [9.17, 15) is 0 Å².